The minimum Gasteiger partial charge on any atom is -0.395 e. The molecule has 2 rings (SSSR count). The van der Waals surface area contributed by atoms with E-state index in [-0.39, 0.29) is 6.61 Å². The number of anilines is 2. The van der Waals surface area contributed by atoms with E-state index in [1.54, 1.807) is 0 Å². The van der Waals surface area contributed by atoms with Crippen molar-refractivity contribution in [1.29, 1.82) is 0 Å². The first-order chi connectivity index (χ1) is 9.28. The molecule has 0 aromatic carbocycles. The van der Waals surface area contributed by atoms with Crippen LogP contribution < -0.4 is 10.6 Å². The lowest BCUT2D eigenvalue weighted by atomic mass is 10.2. The predicted octanol–water partition coefficient (Wildman–Crippen LogP) is 1.17. The lowest BCUT2D eigenvalue weighted by molar-refractivity contribution is 0.311. The van der Waals surface area contributed by atoms with Crippen molar-refractivity contribution in [3.63, 3.8) is 0 Å². The van der Waals surface area contributed by atoms with Gasteiger partial charge >= 0.3 is 0 Å². The molecule has 19 heavy (non-hydrogen) atoms. The van der Waals surface area contributed by atoms with E-state index in [9.17, 15) is 0 Å². The van der Waals surface area contributed by atoms with Crippen LogP contribution in [0.4, 0.5) is 11.6 Å². The summed E-state index contributed by atoms with van der Waals surface area (Å²) in [5, 5.41) is 15.1. The van der Waals surface area contributed by atoms with Crippen molar-refractivity contribution >= 4 is 11.6 Å². The third-order valence-electron chi connectivity index (χ3n) is 2.64. The average Bonchev–Trinajstić information content (AvgIpc) is 2.89. The van der Waals surface area contributed by atoms with Crippen molar-refractivity contribution < 1.29 is 5.11 Å². The maximum Gasteiger partial charge on any atom is 0.131 e. The molecule has 0 radical (unpaired) electrons. The minimum absolute atomic E-state index is 0.0826. The third kappa shape index (κ3) is 4.26. The lowest BCUT2D eigenvalue weighted by Gasteiger charge is -2.09. The van der Waals surface area contributed by atoms with E-state index in [4.69, 9.17) is 5.11 Å². The molecule has 0 amide bonds. The smallest absolute Gasteiger partial charge is 0.131 e. The van der Waals surface area contributed by atoms with Crippen LogP contribution in [0.1, 0.15) is 11.4 Å². The SMILES string of the molecule is Cc1nc(NCCO)cc(NCCc2cc[nH]c2)n1. The molecular formula is C13H19N5O. The second kappa shape index (κ2) is 6.75. The Bertz CT molecular complexity index is 498. The number of nitrogens with zero attached hydrogens (tertiary/aromatic N) is 2. The molecule has 2 heterocycles. The average molecular weight is 261 g/mol. The Morgan fingerprint density at radius 2 is 1.95 bits per heavy atom. The van der Waals surface area contributed by atoms with Gasteiger partial charge in [-0.25, -0.2) is 9.97 Å². The minimum atomic E-state index is 0.0826. The largest absolute Gasteiger partial charge is 0.395 e. The molecule has 0 spiro atoms. The van der Waals surface area contributed by atoms with Gasteiger partial charge in [0.1, 0.15) is 17.5 Å². The molecule has 0 bridgehead atoms. The highest BCUT2D eigenvalue weighted by atomic mass is 16.3. The zero-order chi connectivity index (χ0) is 13.5. The van der Waals surface area contributed by atoms with Gasteiger partial charge in [0.2, 0.25) is 0 Å². The van der Waals surface area contributed by atoms with E-state index in [2.05, 4.69) is 31.7 Å². The number of nitrogens with one attached hydrogen (secondary N) is 3. The van der Waals surface area contributed by atoms with Gasteiger partial charge < -0.3 is 20.7 Å². The molecule has 0 aliphatic carbocycles. The molecule has 0 aliphatic heterocycles. The van der Waals surface area contributed by atoms with Crippen LogP contribution in [0.25, 0.3) is 0 Å². The third-order valence-corrected chi connectivity index (χ3v) is 2.64. The highest BCUT2D eigenvalue weighted by Gasteiger charge is 2.01. The van der Waals surface area contributed by atoms with Gasteiger partial charge in [-0.3, -0.25) is 0 Å². The van der Waals surface area contributed by atoms with E-state index < -0.39 is 0 Å². The second-order valence-corrected chi connectivity index (χ2v) is 4.23. The number of H-pyrrole nitrogens is 1. The van der Waals surface area contributed by atoms with Gasteiger partial charge in [0, 0.05) is 31.5 Å². The van der Waals surface area contributed by atoms with Crippen molar-refractivity contribution in [3.8, 4) is 0 Å². The molecule has 0 saturated carbocycles. The van der Waals surface area contributed by atoms with Crippen molar-refractivity contribution in [3.05, 3.63) is 35.9 Å². The van der Waals surface area contributed by atoms with Crippen LogP contribution in [0.3, 0.4) is 0 Å². The molecule has 6 heteroatoms. The summed E-state index contributed by atoms with van der Waals surface area (Å²) in [6.45, 7) is 3.23. The van der Waals surface area contributed by atoms with E-state index >= 15 is 0 Å². The van der Waals surface area contributed by atoms with Crippen LogP contribution in [0.2, 0.25) is 0 Å². The number of aryl methyl sites for hydroxylation is 1. The van der Waals surface area contributed by atoms with Crippen LogP contribution in [-0.4, -0.2) is 39.8 Å². The molecule has 2 aromatic rings. The summed E-state index contributed by atoms with van der Waals surface area (Å²) >= 11 is 0. The quantitative estimate of drug-likeness (QED) is 0.601. The first-order valence-corrected chi connectivity index (χ1v) is 6.34. The molecule has 102 valence electrons. The summed E-state index contributed by atoms with van der Waals surface area (Å²) in [7, 11) is 0. The first kappa shape index (κ1) is 13.4. The molecule has 6 nitrogen and oxygen atoms in total. The van der Waals surface area contributed by atoms with Gasteiger partial charge in [-0.05, 0) is 25.0 Å². The first-order valence-electron chi connectivity index (χ1n) is 6.34. The molecule has 0 fully saturated rings. The fourth-order valence-electron chi connectivity index (χ4n) is 1.78. The van der Waals surface area contributed by atoms with Crippen LogP contribution in [0, 0.1) is 6.92 Å². The Morgan fingerprint density at radius 3 is 2.58 bits per heavy atom. The van der Waals surface area contributed by atoms with Crippen LogP contribution in [0.5, 0.6) is 0 Å². The van der Waals surface area contributed by atoms with Crippen molar-refractivity contribution in [2.24, 2.45) is 0 Å². The Hall–Kier alpha value is -2.08. The molecule has 4 N–H and O–H groups in total. The number of aromatic nitrogens is 3. The second-order valence-electron chi connectivity index (χ2n) is 4.23. The Balaban J connectivity index is 1.90. The number of hydrogen-bond donors (Lipinski definition) is 4. The van der Waals surface area contributed by atoms with Crippen LogP contribution in [0.15, 0.2) is 24.5 Å². The Morgan fingerprint density at radius 1 is 1.21 bits per heavy atom. The maximum atomic E-state index is 8.79. The van der Waals surface area contributed by atoms with E-state index in [0.29, 0.717) is 12.4 Å². The Labute approximate surface area is 112 Å². The van der Waals surface area contributed by atoms with Gasteiger partial charge in [-0.2, -0.15) is 0 Å². The summed E-state index contributed by atoms with van der Waals surface area (Å²) in [5.74, 6) is 2.22. The predicted molar refractivity (Wildman–Crippen MR) is 75.3 cm³/mol. The fourth-order valence-corrected chi connectivity index (χ4v) is 1.78. The summed E-state index contributed by atoms with van der Waals surface area (Å²) in [4.78, 5) is 11.6. The van der Waals surface area contributed by atoms with E-state index in [1.165, 1.54) is 5.56 Å². The topological polar surface area (TPSA) is 85.9 Å². The van der Waals surface area contributed by atoms with Crippen molar-refractivity contribution in [2.75, 3.05) is 30.3 Å². The van der Waals surface area contributed by atoms with Crippen molar-refractivity contribution in [1.82, 2.24) is 15.0 Å². The standard InChI is InChI=1S/C13H19N5O/c1-10-17-12(8-13(18-10)16-6-7-19)15-5-3-11-2-4-14-9-11/h2,4,8-9,14,19H,3,5-7H2,1H3,(H2,15,16,17,18). The molecular weight excluding hydrogens is 242 g/mol. The highest BCUT2D eigenvalue weighted by molar-refractivity contribution is 5.47. The zero-order valence-electron chi connectivity index (χ0n) is 11.0. The highest BCUT2D eigenvalue weighted by Crippen LogP contribution is 2.11. The van der Waals surface area contributed by atoms with Gasteiger partial charge in [0.05, 0.1) is 6.61 Å². The number of rotatable bonds is 7. The summed E-state index contributed by atoms with van der Waals surface area (Å²) < 4.78 is 0. The normalized spacial score (nSPS) is 10.4. The maximum absolute atomic E-state index is 8.79. The summed E-state index contributed by atoms with van der Waals surface area (Å²) in [5.41, 5.74) is 1.26. The number of aliphatic hydroxyl groups is 1. The van der Waals surface area contributed by atoms with Gasteiger partial charge in [-0.1, -0.05) is 0 Å². The molecule has 0 saturated heterocycles. The lowest BCUT2D eigenvalue weighted by Crippen LogP contribution is -2.11. The van der Waals surface area contributed by atoms with E-state index in [0.717, 1.165) is 24.6 Å². The van der Waals surface area contributed by atoms with E-state index in [1.807, 2.05) is 25.4 Å². The number of hydrogen-bond acceptors (Lipinski definition) is 5. The van der Waals surface area contributed by atoms with Gasteiger partial charge in [-0.15, -0.1) is 0 Å². The summed E-state index contributed by atoms with van der Waals surface area (Å²) in [6, 6.07) is 3.90. The van der Waals surface area contributed by atoms with Gasteiger partial charge in [0.25, 0.3) is 0 Å². The van der Waals surface area contributed by atoms with Crippen molar-refractivity contribution in [2.45, 2.75) is 13.3 Å². The Kier molecular flexibility index (Phi) is 4.74. The zero-order valence-corrected chi connectivity index (χ0v) is 11.0. The van der Waals surface area contributed by atoms with Gasteiger partial charge in [0.15, 0.2) is 0 Å². The molecule has 2 aromatic heterocycles. The number of aromatic amines is 1. The monoisotopic (exact) mass is 261 g/mol. The fraction of sp³-hybridized carbons (Fsp3) is 0.385. The number of aliphatic hydroxyl groups excluding tert-OH is 1. The summed E-state index contributed by atoms with van der Waals surface area (Å²) in [6.07, 6.45) is 4.84. The van der Waals surface area contributed by atoms with Crippen LogP contribution in [-0.2, 0) is 6.42 Å². The molecule has 0 aliphatic rings. The molecule has 0 atom stereocenters. The van der Waals surface area contributed by atoms with Crippen LogP contribution >= 0.6 is 0 Å². The molecule has 0 unspecified atom stereocenters.